The van der Waals surface area contributed by atoms with E-state index in [1.165, 1.54) is 27.8 Å². The second-order valence-corrected chi connectivity index (χ2v) is 13.8. The van der Waals surface area contributed by atoms with E-state index in [2.05, 4.69) is 123 Å². The number of nitrogens with zero attached hydrogens (tertiary/aromatic N) is 2. The number of para-hydroxylation sites is 2. The van der Waals surface area contributed by atoms with Gasteiger partial charge in [-0.15, -0.1) is 47.5 Å². The normalized spacial score (nSPS) is 11.7. The van der Waals surface area contributed by atoms with Crippen LogP contribution < -0.4 is 25.9 Å². The summed E-state index contributed by atoms with van der Waals surface area (Å²) in [5.41, 5.74) is 15.5. The van der Waals surface area contributed by atoms with Crippen LogP contribution in [0.15, 0.2) is 158 Å². The molecule has 267 valence electrons. The molecule has 4 heterocycles. The van der Waals surface area contributed by atoms with Gasteiger partial charge in [0.2, 0.25) is 6.71 Å². The molecular weight excluding hydrogens is 852 g/mol. The van der Waals surface area contributed by atoms with Gasteiger partial charge in [-0.25, -0.2) is 0 Å². The van der Waals surface area contributed by atoms with Crippen LogP contribution in [0.4, 0.5) is 0 Å². The Hall–Kier alpha value is -6.07. The molecule has 8 aromatic rings. The van der Waals surface area contributed by atoms with Gasteiger partial charge in [0, 0.05) is 44.0 Å². The van der Waals surface area contributed by atoms with Crippen molar-refractivity contribution in [2.45, 2.75) is 20.8 Å². The number of pyridine rings is 2. The first kappa shape index (κ1) is 35.9. The van der Waals surface area contributed by atoms with Gasteiger partial charge in [-0.2, -0.15) is 0 Å². The van der Waals surface area contributed by atoms with Gasteiger partial charge in [-0.3, -0.25) is 0 Å². The monoisotopic (exact) mass is 887 g/mol. The van der Waals surface area contributed by atoms with Crippen LogP contribution in [0.3, 0.4) is 0 Å². The van der Waals surface area contributed by atoms with E-state index in [0.29, 0.717) is 0 Å². The molecule has 2 aliphatic rings. The van der Waals surface area contributed by atoms with Crippen LogP contribution in [0.25, 0.3) is 44.8 Å². The largest absolute Gasteiger partial charge is 0.503 e. The first-order valence-corrected chi connectivity index (χ1v) is 18.2. The molecule has 0 unspecified atom stereocenters. The first-order valence-electron chi connectivity index (χ1n) is 18.2. The van der Waals surface area contributed by atoms with E-state index in [1.807, 2.05) is 73.1 Å². The molecule has 6 heteroatoms. The quantitative estimate of drug-likeness (QED) is 0.131. The molecule has 0 saturated carbocycles. The Labute approximate surface area is 336 Å². The zero-order valence-electron chi connectivity index (χ0n) is 30.6. The summed E-state index contributed by atoms with van der Waals surface area (Å²) in [4.78, 5) is 9.25. The fourth-order valence-corrected chi connectivity index (χ4v) is 7.39. The van der Waals surface area contributed by atoms with Crippen molar-refractivity contribution in [2.24, 2.45) is 0 Å². The van der Waals surface area contributed by atoms with Crippen molar-refractivity contribution in [3.8, 4) is 67.8 Å². The van der Waals surface area contributed by atoms with Crippen molar-refractivity contribution in [3.63, 3.8) is 0 Å². The van der Waals surface area contributed by atoms with E-state index >= 15 is 0 Å². The van der Waals surface area contributed by atoms with Crippen molar-refractivity contribution >= 4 is 23.1 Å². The van der Waals surface area contributed by atoms with Crippen molar-refractivity contribution in [2.75, 3.05) is 0 Å². The number of hydrogen-bond donors (Lipinski definition) is 0. The summed E-state index contributed by atoms with van der Waals surface area (Å²) in [7, 11) is 0. The molecule has 0 fully saturated rings. The molecule has 2 aromatic heterocycles. The number of hydrogen-bond acceptors (Lipinski definition) is 4. The summed E-state index contributed by atoms with van der Waals surface area (Å²) >= 11 is 0. The minimum atomic E-state index is 0. The predicted octanol–water partition coefficient (Wildman–Crippen LogP) is 10.1. The maximum Gasteiger partial charge on any atom is 0.239 e. The van der Waals surface area contributed by atoms with Crippen LogP contribution in [-0.4, -0.2) is 16.7 Å². The molecule has 1 radical (unpaired) electrons. The maximum atomic E-state index is 6.52. The standard InChI is InChI=1S/C29H17BNO2.C20H18N.Ir/c1-2-8-19(9-3-1)20-16-17-31-24(18-20)21-14-15-27-28-29(21)33-26-13-7-5-11-23(26)30(28)22-10-4-6-12-25(22)32-27;1-14-8-10-17(11-9-14)20-12-19(16(3)13-21-20)18-7-5-4-6-15(18)2;/h1-13,15-18H;4-10,12-13H,1-3H3;/q2*-1;. The average Bonchev–Trinajstić information content (AvgIpc) is 3.22. The number of aromatic nitrogens is 2. The average molecular weight is 887 g/mol. The van der Waals surface area contributed by atoms with Gasteiger partial charge in [0.25, 0.3) is 0 Å². The molecule has 0 aliphatic carbocycles. The summed E-state index contributed by atoms with van der Waals surface area (Å²) < 4.78 is 12.8. The predicted molar refractivity (Wildman–Crippen MR) is 220 cm³/mol. The van der Waals surface area contributed by atoms with E-state index < -0.39 is 0 Å². The SMILES string of the molecule is Cc1c[c-]c(-c2cc(-c3ccccc3C)c(C)cn2)cc1.[Ir].[c-]1cc2c3c(c1-c1cc(-c4ccccc4)ccn1)Oc1ccccc1B3c1ccccc1O2. The summed E-state index contributed by atoms with van der Waals surface area (Å²) in [6.45, 7) is 6.36. The van der Waals surface area contributed by atoms with Crippen molar-refractivity contribution < 1.29 is 29.6 Å². The third-order valence-corrected chi connectivity index (χ3v) is 10.2. The van der Waals surface area contributed by atoms with Gasteiger partial charge < -0.3 is 19.4 Å². The number of rotatable bonds is 4. The summed E-state index contributed by atoms with van der Waals surface area (Å²) in [5, 5.41) is 0. The van der Waals surface area contributed by atoms with E-state index in [4.69, 9.17) is 14.5 Å². The van der Waals surface area contributed by atoms with E-state index in [-0.39, 0.29) is 26.8 Å². The van der Waals surface area contributed by atoms with Gasteiger partial charge in [0.05, 0.1) is 0 Å². The van der Waals surface area contributed by atoms with Gasteiger partial charge in [0.1, 0.15) is 11.5 Å². The first-order chi connectivity index (χ1) is 26.5. The third-order valence-electron chi connectivity index (χ3n) is 10.2. The molecule has 10 rings (SSSR count). The van der Waals surface area contributed by atoms with E-state index in [9.17, 15) is 0 Å². The van der Waals surface area contributed by atoms with Crippen LogP contribution in [0, 0.1) is 32.9 Å². The number of ether oxygens (including phenoxy) is 2. The Balaban J connectivity index is 0.000000169. The fourth-order valence-electron chi connectivity index (χ4n) is 7.39. The van der Waals surface area contributed by atoms with Crippen LogP contribution >= 0.6 is 0 Å². The zero-order chi connectivity index (χ0) is 36.6. The van der Waals surface area contributed by atoms with E-state index in [0.717, 1.165) is 73.0 Å². The molecule has 0 spiro atoms. The van der Waals surface area contributed by atoms with Crippen LogP contribution in [0.5, 0.6) is 23.0 Å². The second kappa shape index (κ2) is 15.4. The van der Waals surface area contributed by atoms with Gasteiger partial charge in [-0.05, 0) is 87.7 Å². The number of benzene rings is 6. The third kappa shape index (κ3) is 6.92. The molecule has 0 atom stereocenters. The molecular formula is C49H35BIrN2O2-2. The molecule has 0 amide bonds. The van der Waals surface area contributed by atoms with Gasteiger partial charge in [0.15, 0.2) is 0 Å². The smallest absolute Gasteiger partial charge is 0.239 e. The molecule has 0 saturated heterocycles. The van der Waals surface area contributed by atoms with E-state index in [1.54, 1.807) is 0 Å². The second-order valence-electron chi connectivity index (χ2n) is 13.8. The molecule has 0 bridgehead atoms. The van der Waals surface area contributed by atoms with Crippen molar-refractivity contribution in [1.29, 1.82) is 0 Å². The Kier molecular flexibility index (Phi) is 10.0. The number of aryl methyl sites for hydroxylation is 3. The minimum Gasteiger partial charge on any atom is -0.503 e. The molecule has 0 N–H and O–H groups in total. The van der Waals surface area contributed by atoms with Crippen molar-refractivity contribution in [3.05, 3.63) is 187 Å². The summed E-state index contributed by atoms with van der Waals surface area (Å²) in [5.74, 6) is 3.29. The topological polar surface area (TPSA) is 44.2 Å². The van der Waals surface area contributed by atoms with Gasteiger partial charge >= 0.3 is 0 Å². The Morgan fingerprint density at radius 2 is 1.25 bits per heavy atom. The summed E-state index contributed by atoms with van der Waals surface area (Å²) in [6, 6.07) is 56.4. The Morgan fingerprint density at radius 3 is 2.00 bits per heavy atom. The maximum absolute atomic E-state index is 6.52. The molecule has 55 heavy (non-hydrogen) atoms. The molecule has 4 nitrogen and oxygen atoms in total. The summed E-state index contributed by atoms with van der Waals surface area (Å²) in [6.07, 6.45) is 3.79. The zero-order valence-corrected chi connectivity index (χ0v) is 33.0. The Bertz CT molecular complexity index is 2650. The Morgan fingerprint density at radius 1 is 0.545 bits per heavy atom. The molecule has 6 aromatic carbocycles. The van der Waals surface area contributed by atoms with Crippen LogP contribution in [0.1, 0.15) is 16.7 Å². The van der Waals surface area contributed by atoms with Crippen molar-refractivity contribution in [1.82, 2.24) is 9.97 Å². The number of fused-ring (bicyclic) bond motifs is 4. The van der Waals surface area contributed by atoms with Crippen LogP contribution in [0.2, 0.25) is 0 Å². The van der Waals surface area contributed by atoms with Crippen LogP contribution in [-0.2, 0) is 20.1 Å². The molecule has 2 aliphatic heterocycles. The minimum absolute atomic E-state index is 0. The van der Waals surface area contributed by atoms with Gasteiger partial charge in [-0.1, -0.05) is 121 Å². The fraction of sp³-hybridized carbons (Fsp3) is 0.0612.